The fourth-order valence-electron chi connectivity index (χ4n) is 2.21. The lowest BCUT2D eigenvalue weighted by molar-refractivity contribution is -0.132. The van der Waals surface area contributed by atoms with Crippen LogP contribution in [0.1, 0.15) is 31.2 Å². The maximum Gasteiger partial charge on any atom is 0.223 e. The third-order valence-electron chi connectivity index (χ3n) is 3.35. The summed E-state index contributed by atoms with van der Waals surface area (Å²) in [6.07, 6.45) is 3.60. The van der Waals surface area contributed by atoms with E-state index in [1.807, 2.05) is 29.2 Å². The molecular formula is C15H22N2O2. The van der Waals surface area contributed by atoms with Gasteiger partial charge in [-0.1, -0.05) is 12.1 Å². The predicted octanol–water partition coefficient (Wildman–Crippen LogP) is 2.19. The summed E-state index contributed by atoms with van der Waals surface area (Å²) < 4.78 is 4.99. The van der Waals surface area contributed by atoms with Gasteiger partial charge in [0.1, 0.15) is 0 Å². The lowest BCUT2D eigenvalue weighted by Crippen LogP contribution is -2.32. The molecule has 104 valence electrons. The average Bonchev–Trinajstić information content (AvgIpc) is 3.20. The van der Waals surface area contributed by atoms with Crippen molar-refractivity contribution in [1.82, 2.24) is 4.90 Å². The zero-order valence-electron chi connectivity index (χ0n) is 11.5. The molecule has 0 aliphatic heterocycles. The third kappa shape index (κ3) is 4.24. The van der Waals surface area contributed by atoms with Crippen LogP contribution in [0.5, 0.6) is 0 Å². The van der Waals surface area contributed by atoms with Gasteiger partial charge in [-0.3, -0.25) is 4.79 Å². The molecule has 0 unspecified atom stereocenters. The summed E-state index contributed by atoms with van der Waals surface area (Å²) in [6.45, 7) is 1.31. The number of benzene rings is 1. The standard InChI is InChI=1S/C15H22N2O2/c1-19-9-3-6-15(18)17(14-7-8-14)11-12-4-2-5-13(16)10-12/h2,4-5,10,14H,3,6-9,11,16H2,1H3. The maximum atomic E-state index is 12.2. The van der Waals surface area contributed by atoms with Gasteiger partial charge in [0, 0.05) is 38.4 Å². The van der Waals surface area contributed by atoms with Crippen LogP contribution in [0.4, 0.5) is 5.69 Å². The van der Waals surface area contributed by atoms with Gasteiger partial charge in [0.25, 0.3) is 0 Å². The Bertz CT molecular complexity index is 430. The minimum atomic E-state index is 0.224. The zero-order chi connectivity index (χ0) is 13.7. The molecule has 2 N–H and O–H groups in total. The Morgan fingerprint density at radius 3 is 2.89 bits per heavy atom. The van der Waals surface area contributed by atoms with E-state index < -0.39 is 0 Å². The highest BCUT2D eigenvalue weighted by molar-refractivity contribution is 5.76. The molecule has 4 heteroatoms. The van der Waals surface area contributed by atoms with Gasteiger partial charge in [-0.05, 0) is 37.0 Å². The van der Waals surface area contributed by atoms with E-state index in [4.69, 9.17) is 10.5 Å². The summed E-state index contributed by atoms with van der Waals surface area (Å²) in [5, 5.41) is 0. The second-order valence-electron chi connectivity index (χ2n) is 5.09. The Labute approximate surface area is 114 Å². The summed E-state index contributed by atoms with van der Waals surface area (Å²) >= 11 is 0. The van der Waals surface area contributed by atoms with Crippen molar-refractivity contribution in [2.24, 2.45) is 0 Å². The van der Waals surface area contributed by atoms with Crippen LogP contribution in [-0.2, 0) is 16.1 Å². The monoisotopic (exact) mass is 262 g/mol. The average molecular weight is 262 g/mol. The Kier molecular flexibility index (Phi) is 4.80. The quantitative estimate of drug-likeness (QED) is 0.605. The number of hydrogen-bond donors (Lipinski definition) is 1. The van der Waals surface area contributed by atoms with Gasteiger partial charge in [-0.15, -0.1) is 0 Å². The Morgan fingerprint density at radius 1 is 1.47 bits per heavy atom. The molecule has 2 rings (SSSR count). The fraction of sp³-hybridized carbons (Fsp3) is 0.533. The van der Waals surface area contributed by atoms with Crippen LogP contribution in [0.25, 0.3) is 0 Å². The minimum Gasteiger partial charge on any atom is -0.399 e. The highest BCUT2D eigenvalue weighted by atomic mass is 16.5. The first-order valence-electron chi connectivity index (χ1n) is 6.83. The fourth-order valence-corrected chi connectivity index (χ4v) is 2.21. The lowest BCUT2D eigenvalue weighted by Gasteiger charge is -2.22. The molecule has 4 nitrogen and oxygen atoms in total. The van der Waals surface area contributed by atoms with E-state index >= 15 is 0 Å². The molecule has 1 aromatic carbocycles. The van der Waals surface area contributed by atoms with E-state index in [0.717, 1.165) is 30.5 Å². The number of nitrogens with two attached hydrogens (primary N) is 1. The van der Waals surface area contributed by atoms with Crippen molar-refractivity contribution in [2.45, 2.75) is 38.3 Å². The van der Waals surface area contributed by atoms with Crippen LogP contribution in [0.15, 0.2) is 24.3 Å². The molecule has 0 saturated heterocycles. The van der Waals surface area contributed by atoms with Gasteiger partial charge in [-0.2, -0.15) is 0 Å². The topological polar surface area (TPSA) is 55.6 Å². The molecule has 1 aliphatic carbocycles. The lowest BCUT2D eigenvalue weighted by atomic mass is 10.1. The molecule has 0 spiro atoms. The molecule has 1 saturated carbocycles. The largest absolute Gasteiger partial charge is 0.399 e. The van der Waals surface area contributed by atoms with Crippen LogP contribution >= 0.6 is 0 Å². The van der Waals surface area contributed by atoms with Gasteiger partial charge < -0.3 is 15.4 Å². The number of nitrogens with zero attached hydrogens (tertiary/aromatic N) is 1. The van der Waals surface area contributed by atoms with Crippen molar-refractivity contribution < 1.29 is 9.53 Å². The zero-order valence-corrected chi connectivity index (χ0v) is 11.5. The normalized spacial score (nSPS) is 14.4. The number of carbonyl (C=O) groups excluding carboxylic acids is 1. The molecule has 1 aliphatic rings. The molecule has 1 fully saturated rings. The van der Waals surface area contributed by atoms with Gasteiger partial charge in [-0.25, -0.2) is 0 Å². The molecular weight excluding hydrogens is 240 g/mol. The number of rotatable bonds is 7. The highest BCUT2D eigenvalue weighted by Crippen LogP contribution is 2.29. The number of amides is 1. The van der Waals surface area contributed by atoms with Crippen molar-refractivity contribution in [1.29, 1.82) is 0 Å². The Hall–Kier alpha value is -1.55. The summed E-state index contributed by atoms with van der Waals surface area (Å²) in [6, 6.07) is 8.19. The molecule has 0 radical (unpaired) electrons. The second-order valence-corrected chi connectivity index (χ2v) is 5.09. The summed E-state index contributed by atoms with van der Waals surface area (Å²) in [5.41, 5.74) is 7.63. The van der Waals surface area contributed by atoms with Crippen LogP contribution in [-0.4, -0.2) is 30.6 Å². The van der Waals surface area contributed by atoms with Gasteiger partial charge in [0.15, 0.2) is 0 Å². The molecule has 1 amide bonds. The molecule has 0 heterocycles. The SMILES string of the molecule is COCCCC(=O)N(Cc1cccc(N)c1)C1CC1. The van der Waals surface area contributed by atoms with Crippen molar-refractivity contribution in [3.05, 3.63) is 29.8 Å². The van der Waals surface area contributed by atoms with Crippen LogP contribution < -0.4 is 5.73 Å². The number of ether oxygens (including phenoxy) is 1. The maximum absolute atomic E-state index is 12.2. The first-order chi connectivity index (χ1) is 9.20. The second kappa shape index (κ2) is 6.57. The summed E-state index contributed by atoms with van der Waals surface area (Å²) in [4.78, 5) is 14.2. The van der Waals surface area contributed by atoms with Crippen LogP contribution in [0.3, 0.4) is 0 Å². The number of hydrogen-bond acceptors (Lipinski definition) is 3. The van der Waals surface area contributed by atoms with Crippen molar-refractivity contribution >= 4 is 11.6 Å². The molecule has 1 aromatic rings. The van der Waals surface area contributed by atoms with E-state index in [1.165, 1.54) is 0 Å². The first-order valence-corrected chi connectivity index (χ1v) is 6.83. The summed E-state index contributed by atoms with van der Waals surface area (Å²) in [5.74, 6) is 0.224. The number of methoxy groups -OCH3 is 1. The Balaban J connectivity index is 1.94. The minimum absolute atomic E-state index is 0.224. The van der Waals surface area contributed by atoms with Gasteiger partial charge >= 0.3 is 0 Å². The smallest absolute Gasteiger partial charge is 0.223 e. The van der Waals surface area contributed by atoms with Crippen LogP contribution in [0.2, 0.25) is 0 Å². The van der Waals surface area contributed by atoms with Gasteiger partial charge in [0.05, 0.1) is 0 Å². The van der Waals surface area contributed by atoms with Crippen molar-refractivity contribution in [3.8, 4) is 0 Å². The van der Waals surface area contributed by atoms with E-state index in [2.05, 4.69) is 0 Å². The van der Waals surface area contributed by atoms with Crippen LogP contribution in [0, 0.1) is 0 Å². The molecule has 0 bridgehead atoms. The number of carbonyl (C=O) groups is 1. The predicted molar refractivity (Wildman–Crippen MR) is 75.5 cm³/mol. The van der Waals surface area contributed by atoms with E-state index in [0.29, 0.717) is 25.6 Å². The molecule has 0 aromatic heterocycles. The number of anilines is 1. The number of nitrogen functional groups attached to an aromatic ring is 1. The molecule has 19 heavy (non-hydrogen) atoms. The van der Waals surface area contributed by atoms with Crippen molar-refractivity contribution in [2.75, 3.05) is 19.5 Å². The first kappa shape index (κ1) is 13.9. The van der Waals surface area contributed by atoms with E-state index in [1.54, 1.807) is 7.11 Å². The molecule has 0 atom stereocenters. The van der Waals surface area contributed by atoms with Crippen molar-refractivity contribution in [3.63, 3.8) is 0 Å². The Morgan fingerprint density at radius 2 is 2.26 bits per heavy atom. The third-order valence-corrected chi connectivity index (χ3v) is 3.35. The van der Waals surface area contributed by atoms with Gasteiger partial charge in [0.2, 0.25) is 5.91 Å². The highest BCUT2D eigenvalue weighted by Gasteiger charge is 2.32. The summed E-state index contributed by atoms with van der Waals surface area (Å²) in [7, 11) is 1.66. The van der Waals surface area contributed by atoms with E-state index in [-0.39, 0.29) is 5.91 Å². The van der Waals surface area contributed by atoms with E-state index in [9.17, 15) is 4.79 Å².